The van der Waals surface area contributed by atoms with E-state index < -0.39 is 40.8 Å². The fourth-order valence-corrected chi connectivity index (χ4v) is 2.18. The number of amides is 2. The van der Waals surface area contributed by atoms with E-state index in [0.29, 0.717) is 5.56 Å². The van der Waals surface area contributed by atoms with Crippen LogP contribution < -0.4 is 11.1 Å². The van der Waals surface area contributed by atoms with Gasteiger partial charge in [-0.15, -0.1) is 0 Å². The van der Waals surface area contributed by atoms with Crippen LogP contribution in [0.1, 0.15) is 15.9 Å². The zero-order valence-corrected chi connectivity index (χ0v) is 12.5. The lowest BCUT2D eigenvalue weighted by atomic mass is 10.0. The molecular weight excluding hydrogens is 318 g/mol. The van der Waals surface area contributed by atoms with Crippen LogP contribution in [0, 0.1) is 11.6 Å². The summed E-state index contributed by atoms with van der Waals surface area (Å²) in [5.74, 6) is -5.58. The van der Waals surface area contributed by atoms with Crippen LogP contribution in [0.5, 0.6) is 0 Å². The average Bonchev–Trinajstić information content (AvgIpc) is 2.54. The molecule has 0 bridgehead atoms. The minimum Gasteiger partial charge on any atom is -0.363 e. The molecule has 0 saturated carbocycles. The van der Waals surface area contributed by atoms with Gasteiger partial charge in [-0.05, 0) is 17.7 Å². The second kappa shape index (κ2) is 7.45. The molecule has 0 saturated heterocycles. The van der Waals surface area contributed by atoms with E-state index in [4.69, 9.17) is 5.73 Å². The molecule has 0 unspecified atom stereocenters. The molecule has 0 aliphatic carbocycles. The number of nitrogens with two attached hydrogens (primary N) is 1. The standard InChI is InChI=1S/C17H14F2N2O3/c18-11-7-4-8-12(19)14(11)17(24)21-13(15(22)16(20)23)9-10-5-2-1-3-6-10/h1-8,13H,9H2,(H2,20,23)(H,21,24)/t13-/m0/s1. The lowest BCUT2D eigenvalue weighted by Crippen LogP contribution is -2.47. The normalized spacial score (nSPS) is 11.6. The summed E-state index contributed by atoms with van der Waals surface area (Å²) in [5, 5.41) is 2.18. The largest absolute Gasteiger partial charge is 0.363 e. The van der Waals surface area contributed by atoms with E-state index in [1.807, 2.05) is 0 Å². The van der Waals surface area contributed by atoms with Crippen LogP contribution in [-0.2, 0) is 16.0 Å². The summed E-state index contributed by atoms with van der Waals surface area (Å²) in [6, 6.07) is 10.1. The maximum absolute atomic E-state index is 13.7. The van der Waals surface area contributed by atoms with Gasteiger partial charge in [0.15, 0.2) is 0 Å². The van der Waals surface area contributed by atoms with E-state index in [1.165, 1.54) is 0 Å². The van der Waals surface area contributed by atoms with Crippen molar-refractivity contribution in [3.05, 3.63) is 71.3 Å². The average molecular weight is 332 g/mol. The highest BCUT2D eigenvalue weighted by molar-refractivity contribution is 6.38. The van der Waals surface area contributed by atoms with Gasteiger partial charge in [-0.2, -0.15) is 0 Å². The summed E-state index contributed by atoms with van der Waals surface area (Å²) < 4.78 is 27.3. The van der Waals surface area contributed by atoms with Gasteiger partial charge in [0.05, 0.1) is 0 Å². The molecule has 2 amide bonds. The number of carbonyl (C=O) groups excluding carboxylic acids is 3. The molecule has 2 aromatic rings. The Balaban J connectivity index is 2.26. The molecule has 0 fully saturated rings. The van der Waals surface area contributed by atoms with Crippen molar-refractivity contribution in [2.75, 3.05) is 0 Å². The van der Waals surface area contributed by atoms with Gasteiger partial charge in [-0.1, -0.05) is 36.4 Å². The SMILES string of the molecule is NC(=O)C(=O)[C@H](Cc1ccccc1)NC(=O)c1c(F)cccc1F. The van der Waals surface area contributed by atoms with Crippen LogP contribution in [0.25, 0.3) is 0 Å². The Morgan fingerprint density at radius 2 is 1.54 bits per heavy atom. The zero-order chi connectivity index (χ0) is 17.7. The predicted molar refractivity (Wildman–Crippen MR) is 82.0 cm³/mol. The lowest BCUT2D eigenvalue weighted by Gasteiger charge is -2.17. The number of Topliss-reactive ketones (excluding diaryl/α,β-unsaturated/α-hetero) is 1. The van der Waals surface area contributed by atoms with Crippen molar-refractivity contribution >= 4 is 17.6 Å². The van der Waals surface area contributed by atoms with E-state index >= 15 is 0 Å². The van der Waals surface area contributed by atoms with Crippen molar-refractivity contribution in [2.45, 2.75) is 12.5 Å². The summed E-state index contributed by atoms with van der Waals surface area (Å²) in [4.78, 5) is 35.2. The molecule has 24 heavy (non-hydrogen) atoms. The molecular formula is C17H14F2N2O3. The number of hydrogen-bond donors (Lipinski definition) is 2. The number of benzene rings is 2. The highest BCUT2D eigenvalue weighted by Gasteiger charge is 2.27. The van der Waals surface area contributed by atoms with Crippen molar-refractivity contribution in [2.24, 2.45) is 5.73 Å². The molecule has 1 atom stereocenters. The van der Waals surface area contributed by atoms with E-state index in [0.717, 1.165) is 18.2 Å². The maximum atomic E-state index is 13.7. The number of carbonyl (C=O) groups is 3. The first-order valence-electron chi connectivity index (χ1n) is 7.02. The number of rotatable bonds is 6. The topological polar surface area (TPSA) is 89.3 Å². The number of nitrogens with one attached hydrogen (secondary N) is 1. The molecule has 0 aliphatic rings. The van der Waals surface area contributed by atoms with Gasteiger partial charge < -0.3 is 11.1 Å². The number of ketones is 1. The Bertz CT molecular complexity index is 758. The maximum Gasteiger partial charge on any atom is 0.287 e. The lowest BCUT2D eigenvalue weighted by molar-refractivity contribution is -0.137. The van der Waals surface area contributed by atoms with E-state index in [2.05, 4.69) is 5.32 Å². The Labute approximate surface area is 136 Å². The molecule has 3 N–H and O–H groups in total. The molecule has 0 spiro atoms. The number of halogens is 2. The predicted octanol–water partition coefficient (Wildman–Crippen LogP) is 1.36. The highest BCUT2D eigenvalue weighted by atomic mass is 19.1. The molecule has 5 nitrogen and oxygen atoms in total. The summed E-state index contributed by atoms with van der Waals surface area (Å²) >= 11 is 0. The first kappa shape index (κ1) is 17.3. The minimum absolute atomic E-state index is 0.0373. The van der Waals surface area contributed by atoms with Crippen molar-refractivity contribution in [3.63, 3.8) is 0 Å². The second-order valence-electron chi connectivity index (χ2n) is 5.04. The third-order valence-electron chi connectivity index (χ3n) is 3.34. The van der Waals surface area contributed by atoms with Crippen LogP contribution in [0.2, 0.25) is 0 Å². The van der Waals surface area contributed by atoms with E-state index in [9.17, 15) is 23.2 Å². The molecule has 124 valence electrons. The first-order valence-corrected chi connectivity index (χ1v) is 7.02. The Hall–Kier alpha value is -3.09. The summed E-state index contributed by atoms with van der Waals surface area (Å²) in [6.45, 7) is 0. The van der Waals surface area contributed by atoms with Gasteiger partial charge in [-0.25, -0.2) is 8.78 Å². The van der Waals surface area contributed by atoms with Crippen molar-refractivity contribution in [1.29, 1.82) is 0 Å². The van der Waals surface area contributed by atoms with Crippen molar-refractivity contribution in [3.8, 4) is 0 Å². The first-order chi connectivity index (χ1) is 11.4. The minimum atomic E-state index is -1.32. The Morgan fingerprint density at radius 3 is 2.08 bits per heavy atom. The Kier molecular flexibility index (Phi) is 5.36. The van der Waals surface area contributed by atoms with Gasteiger partial charge in [-0.3, -0.25) is 14.4 Å². The van der Waals surface area contributed by atoms with Gasteiger partial charge in [0.2, 0.25) is 5.78 Å². The van der Waals surface area contributed by atoms with Crippen LogP contribution >= 0.6 is 0 Å². The van der Waals surface area contributed by atoms with Crippen LogP contribution in [0.3, 0.4) is 0 Å². The third-order valence-corrected chi connectivity index (χ3v) is 3.34. The molecule has 2 aromatic carbocycles. The smallest absolute Gasteiger partial charge is 0.287 e. The number of primary amides is 1. The fraction of sp³-hybridized carbons (Fsp3) is 0.118. The van der Waals surface area contributed by atoms with E-state index in [-0.39, 0.29) is 6.42 Å². The molecule has 2 rings (SSSR count). The van der Waals surface area contributed by atoms with Gasteiger partial charge in [0.25, 0.3) is 11.8 Å². The highest BCUT2D eigenvalue weighted by Crippen LogP contribution is 2.13. The monoisotopic (exact) mass is 332 g/mol. The van der Waals surface area contributed by atoms with Gasteiger partial charge in [0, 0.05) is 6.42 Å². The van der Waals surface area contributed by atoms with Crippen LogP contribution in [-0.4, -0.2) is 23.6 Å². The molecule has 0 aliphatic heterocycles. The summed E-state index contributed by atoms with van der Waals surface area (Å²) in [7, 11) is 0. The summed E-state index contributed by atoms with van der Waals surface area (Å²) in [5.41, 5.74) is 4.80. The molecule has 7 heteroatoms. The van der Waals surface area contributed by atoms with Gasteiger partial charge in [0.1, 0.15) is 23.2 Å². The van der Waals surface area contributed by atoms with Crippen LogP contribution in [0.4, 0.5) is 8.78 Å². The van der Waals surface area contributed by atoms with E-state index in [1.54, 1.807) is 30.3 Å². The zero-order valence-electron chi connectivity index (χ0n) is 12.5. The van der Waals surface area contributed by atoms with Crippen molar-refractivity contribution in [1.82, 2.24) is 5.32 Å². The summed E-state index contributed by atoms with van der Waals surface area (Å²) in [6.07, 6.45) is -0.0373. The van der Waals surface area contributed by atoms with Crippen LogP contribution in [0.15, 0.2) is 48.5 Å². The fourth-order valence-electron chi connectivity index (χ4n) is 2.18. The quantitative estimate of drug-likeness (QED) is 0.783. The third kappa shape index (κ3) is 4.01. The Morgan fingerprint density at radius 1 is 0.958 bits per heavy atom. The van der Waals surface area contributed by atoms with Gasteiger partial charge >= 0.3 is 0 Å². The molecule has 0 aromatic heterocycles. The molecule has 0 heterocycles. The molecule has 0 radical (unpaired) electrons. The van der Waals surface area contributed by atoms with Crippen molar-refractivity contribution < 1.29 is 23.2 Å². The second-order valence-corrected chi connectivity index (χ2v) is 5.04. The number of hydrogen-bond acceptors (Lipinski definition) is 3.